The predicted molar refractivity (Wildman–Crippen MR) is 104 cm³/mol. The van der Waals surface area contributed by atoms with E-state index in [0.717, 1.165) is 16.3 Å². The summed E-state index contributed by atoms with van der Waals surface area (Å²) >= 11 is 0. The van der Waals surface area contributed by atoms with Crippen molar-refractivity contribution < 1.29 is 8.42 Å². The van der Waals surface area contributed by atoms with Crippen molar-refractivity contribution in [3.63, 3.8) is 0 Å². The van der Waals surface area contributed by atoms with E-state index in [9.17, 15) is 8.42 Å². The van der Waals surface area contributed by atoms with E-state index in [1.807, 2.05) is 19.1 Å². The minimum Gasteiger partial charge on any atom is -0.233 e. The second-order valence-electron chi connectivity index (χ2n) is 6.14. The quantitative estimate of drug-likeness (QED) is 0.523. The van der Waals surface area contributed by atoms with Gasteiger partial charge in [0.2, 0.25) is 0 Å². The highest BCUT2D eigenvalue weighted by atomic mass is 32.2. The van der Waals surface area contributed by atoms with Gasteiger partial charge in [0.25, 0.3) is 10.0 Å². The lowest BCUT2D eigenvalue weighted by Crippen LogP contribution is -2.14. The molecule has 0 spiro atoms. The number of fused-ring (bicyclic) bond motifs is 3. The Bertz CT molecular complexity index is 1170. The van der Waals surface area contributed by atoms with Crippen LogP contribution in [0, 0.1) is 6.92 Å². The van der Waals surface area contributed by atoms with E-state index in [-0.39, 0.29) is 4.90 Å². The van der Waals surface area contributed by atoms with E-state index < -0.39 is 10.0 Å². The summed E-state index contributed by atoms with van der Waals surface area (Å²) in [6.45, 7) is 1.91. The van der Waals surface area contributed by atoms with Gasteiger partial charge in [-0.25, -0.2) is 12.4 Å². The van der Waals surface area contributed by atoms with Gasteiger partial charge in [-0.1, -0.05) is 52.9 Å². The Hall–Kier alpha value is -2.46. The molecule has 0 bridgehead atoms. The van der Waals surface area contributed by atoms with E-state index in [4.69, 9.17) is 15.7 Å². The number of aryl methyl sites for hydroxylation is 1. The number of nitrogens with zero attached hydrogens (tertiary/aromatic N) is 1. The summed E-state index contributed by atoms with van der Waals surface area (Å²) in [5.74, 6) is 0. The van der Waals surface area contributed by atoms with Crippen LogP contribution in [0.15, 0.2) is 65.6 Å². The van der Waals surface area contributed by atoms with Crippen LogP contribution in [0.1, 0.15) is 5.56 Å². The molecule has 0 aliphatic heterocycles. The average Bonchev–Trinajstić information content (AvgIpc) is 2.88. The van der Waals surface area contributed by atoms with Crippen molar-refractivity contribution in [2.75, 3.05) is 0 Å². The van der Waals surface area contributed by atoms with E-state index in [2.05, 4.69) is 0 Å². The number of benzene rings is 3. The minimum absolute atomic E-state index is 0.224. The van der Waals surface area contributed by atoms with Crippen molar-refractivity contribution in [2.24, 2.45) is 0 Å². The van der Waals surface area contributed by atoms with Crippen molar-refractivity contribution in [3.8, 4) is 0 Å². The van der Waals surface area contributed by atoms with Gasteiger partial charge >= 0.3 is 0 Å². The molecule has 4 rings (SSSR count). The summed E-state index contributed by atoms with van der Waals surface area (Å²) in [5.41, 5.74) is 3.09. The van der Waals surface area contributed by atoms with Crippen LogP contribution in [0.25, 0.3) is 21.8 Å². The third-order valence-corrected chi connectivity index (χ3v) is 6.07. The third-order valence-electron chi connectivity index (χ3n) is 4.33. The van der Waals surface area contributed by atoms with Crippen LogP contribution in [0.4, 0.5) is 0 Å². The lowest BCUT2D eigenvalue weighted by Gasteiger charge is -2.10. The first-order chi connectivity index (χ1) is 11.9. The second kappa shape index (κ2) is 5.53. The molecular weight excluding hydrogens is 328 g/mol. The van der Waals surface area contributed by atoms with Crippen molar-refractivity contribution in [2.45, 2.75) is 11.8 Å². The number of rotatable bonds is 2. The van der Waals surface area contributed by atoms with Crippen LogP contribution in [0.5, 0.6) is 0 Å². The van der Waals surface area contributed by atoms with Gasteiger partial charge in [0, 0.05) is 10.8 Å². The molecule has 4 radical (unpaired) electrons. The van der Waals surface area contributed by atoms with Crippen molar-refractivity contribution in [3.05, 3.63) is 66.2 Å². The molecule has 0 saturated carbocycles. The molecule has 3 aromatic carbocycles. The molecule has 0 amide bonds. The van der Waals surface area contributed by atoms with Gasteiger partial charge < -0.3 is 0 Å². The van der Waals surface area contributed by atoms with Crippen LogP contribution in [-0.4, -0.2) is 28.1 Å². The molecular formula is C19H13B2NO2S. The normalized spacial score (nSPS) is 12.0. The van der Waals surface area contributed by atoms with Crippen LogP contribution in [0.2, 0.25) is 0 Å². The number of hydrogen-bond acceptors (Lipinski definition) is 2. The SMILES string of the molecule is [B]c1ccc2c3ccc([B])cc3n(S(=O)(=O)c3ccc(C)cc3)c2c1. The Morgan fingerprint density at radius 3 is 1.72 bits per heavy atom. The molecule has 1 heterocycles. The molecule has 0 unspecified atom stereocenters. The maximum absolute atomic E-state index is 13.3. The van der Waals surface area contributed by atoms with E-state index in [1.165, 1.54) is 3.97 Å². The highest BCUT2D eigenvalue weighted by Crippen LogP contribution is 2.31. The first-order valence-electron chi connectivity index (χ1n) is 7.79. The fourth-order valence-corrected chi connectivity index (χ4v) is 4.60. The van der Waals surface area contributed by atoms with Gasteiger partial charge in [-0.3, -0.25) is 0 Å². The number of hydrogen-bond donors (Lipinski definition) is 0. The molecule has 0 fully saturated rings. The first kappa shape index (κ1) is 16.0. The second-order valence-corrected chi connectivity index (χ2v) is 7.92. The van der Waals surface area contributed by atoms with Gasteiger partial charge in [-0.2, -0.15) is 0 Å². The monoisotopic (exact) mass is 341 g/mol. The summed E-state index contributed by atoms with van der Waals surface area (Å²) in [5, 5.41) is 1.64. The fraction of sp³-hybridized carbons (Fsp3) is 0.0526. The lowest BCUT2D eigenvalue weighted by molar-refractivity contribution is 0.590. The zero-order valence-electron chi connectivity index (χ0n) is 13.6. The summed E-state index contributed by atoms with van der Waals surface area (Å²) in [6, 6.07) is 17.3. The highest BCUT2D eigenvalue weighted by molar-refractivity contribution is 7.90. The smallest absolute Gasteiger partial charge is 0.233 e. The van der Waals surface area contributed by atoms with Crippen molar-refractivity contribution in [1.29, 1.82) is 0 Å². The highest BCUT2D eigenvalue weighted by Gasteiger charge is 2.23. The summed E-state index contributed by atoms with van der Waals surface area (Å²) in [7, 11) is 8.03. The zero-order valence-corrected chi connectivity index (χ0v) is 14.4. The summed E-state index contributed by atoms with van der Waals surface area (Å²) < 4.78 is 28.0. The van der Waals surface area contributed by atoms with Crippen LogP contribution < -0.4 is 10.9 Å². The third kappa shape index (κ3) is 2.48. The minimum atomic E-state index is -3.79. The Labute approximate surface area is 149 Å². The van der Waals surface area contributed by atoms with Gasteiger partial charge in [-0.15, -0.1) is 0 Å². The average molecular weight is 341 g/mol. The molecule has 0 N–H and O–H groups in total. The van der Waals surface area contributed by atoms with Gasteiger partial charge in [0.05, 0.1) is 15.9 Å². The summed E-state index contributed by atoms with van der Waals surface area (Å²) in [6.07, 6.45) is 0. The molecule has 25 heavy (non-hydrogen) atoms. The van der Waals surface area contributed by atoms with E-state index in [1.54, 1.807) is 48.5 Å². The van der Waals surface area contributed by atoms with Crippen LogP contribution >= 0.6 is 0 Å². The standard InChI is InChI=1S/C19H13B2NO2S/c1-12-2-6-15(7-3-12)25(23,24)22-18-10-13(20)4-8-16(18)17-9-5-14(21)11-19(17)22/h2-11H,1H3. The molecule has 4 aromatic rings. The maximum Gasteiger partial charge on any atom is 0.268 e. The van der Waals surface area contributed by atoms with E-state index in [0.29, 0.717) is 22.0 Å². The van der Waals surface area contributed by atoms with Crippen molar-refractivity contribution >= 4 is 58.4 Å². The molecule has 0 atom stereocenters. The van der Waals surface area contributed by atoms with Gasteiger partial charge in [0.15, 0.2) is 0 Å². The topological polar surface area (TPSA) is 39.1 Å². The Morgan fingerprint density at radius 2 is 1.24 bits per heavy atom. The van der Waals surface area contributed by atoms with E-state index >= 15 is 0 Å². The maximum atomic E-state index is 13.3. The Morgan fingerprint density at radius 1 is 0.760 bits per heavy atom. The van der Waals surface area contributed by atoms with Gasteiger partial charge in [-0.05, 0) is 31.2 Å². The molecule has 6 heteroatoms. The van der Waals surface area contributed by atoms with Crippen molar-refractivity contribution in [1.82, 2.24) is 3.97 Å². The molecule has 0 saturated heterocycles. The Balaban J connectivity index is 2.16. The zero-order chi connectivity index (χ0) is 17.8. The molecule has 3 nitrogen and oxygen atoms in total. The molecule has 0 aliphatic rings. The van der Waals surface area contributed by atoms with Crippen LogP contribution in [0.3, 0.4) is 0 Å². The number of aromatic nitrogens is 1. The van der Waals surface area contributed by atoms with Crippen LogP contribution in [-0.2, 0) is 10.0 Å². The lowest BCUT2D eigenvalue weighted by atomic mass is 9.94. The summed E-state index contributed by atoms with van der Waals surface area (Å²) in [4.78, 5) is 0.224. The molecule has 1 aromatic heterocycles. The Kier molecular flexibility index (Phi) is 3.55. The molecule has 0 aliphatic carbocycles. The van der Waals surface area contributed by atoms with Gasteiger partial charge in [0.1, 0.15) is 15.7 Å². The molecule has 118 valence electrons. The predicted octanol–water partition coefficient (Wildman–Crippen LogP) is 1.93. The largest absolute Gasteiger partial charge is 0.268 e. The first-order valence-corrected chi connectivity index (χ1v) is 9.23. The fourth-order valence-electron chi connectivity index (χ4n) is 3.09.